The first-order chi connectivity index (χ1) is 8.39. The lowest BCUT2D eigenvalue weighted by atomic mass is 10.2. The van der Waals surface area contributed by atoms with Gasteiger partial charge in [0.05, 0.1) is 17.1 Å². The van der Waals surface area contributed by atoms with E-state index in [1.54, 1.807) is 6.92 Å². The third-order valence-electron chi connectivity index (χ3n) is 2.96. The Hall–Kier alpha value is -1.63. The SMILES string of the molecule is CC1CS(=O)(=O)CCN1C(=O)c1ccc(=O)[nH]c1. The molecule has 1 fully saturated rings. The van der Waals surface area contributed by atoms with Crippen molar-refractivity contribution >= 4 is 15.7 Å². The second kappa shape index (κ2) is 4.56. The Morgan fingerprint density at radius 1 is 1.44 bits per heavy atom. The number of sulfone groups is 1. The van der Waals surface area contributed by atoms with Crippen molar-refractivity contribution in [1.29, 1.82) is 0 Å². The fourth-order valence-corrected chi connectivity index (χ4v) is 3.57. The Bertz CT molecular complexity index is 600. The lowest BCUT2D eigenvalue weighted by molar-refractivity contribution is 0.0712. The monoisotopic (exact) mass is 270 g/mol. The molecule has 1 aromatic heterocycles. The molecule has 0 radical (unpaired) electrons. The summed E-state index contributed by atoms with van der Waals surface area (Å²) in [6, 6.07) is 2.37. The summed E-state index contributed by atoms with van der Waals surface area (Å²) in [4.78, 5) is 27.0. The molecule has 1 aromatic rings. The zero-order valence-corrected chi connectivity index (χ0v) is 10.7. The highest BCUT2D eigenvalue weighted by atomic mass is 32.2. The molecule has 1 aliphatic heterocycles. The van der Waals surface area contributed by atoms with Gasteiger partial charge in [0.25, 0.3) is 5.91 Å². The highest BCUT2D eigenvalue weighted by Crippen LogP contribution is 2.14. The summed E-state index contributed by atoms with van der Waals surface area (Å²) in [5.41, 5.74) is 0.0848. The first-order valence-electron chi connectivity index (χ1n) is 5.59. The molecular weight excluding hydrogens is 256 g/mol. The van der Waals surface area contributed by atoms with Crippen molar-refractivity contribution in [3.8, 4) is 0 Å². The summed E-state index contributed by atoms with van der Waals surface area (Å²) in [6.07, 6.45) is 1.35. The van der Waals surface area contributed by atoms with Crippen LogP contribution in [0, 0.1) is 0 Å². The smallest absolute Gasteiger partial charge is 0.255 e. The van der Waals surface area contributed by atoms with Gasteiger partial charge in [-0.15, -0.1) is 0 Å². The van der Waals surface area contributed by atoms with E-state index in [1.807, 2.05) is 0 Å². The molecule has 1 N–H and O–H groups in total. The molecule has 2 heterocycles. The molecule has 0 bridgehead atoms. The van der Waals surface area contributed by atoms with E-state index < -0.39 is 9.84 Å². The Balaban J connectivity index is 2.20. The van der Waals surface area contributed by atoms with Crippen LogP contribution in [0.2, 0.25) is 0 Å². The molecule has 0 aromatic carbocycles. The molecule has 18 heavy (non-hydrogen) atoms. The number of carbonyl (C=O) groups excluding carboxylic acids is 1. The van der Waals surface area contributed by atoms with Crippen LogP contribution in [0.3, 0.4) is 0 Å². The third kappa shape index (κ3) is 2.61. The van der Waals surface area contributed by atoms with Gasteiger partial charge in [0.1, 0.15) is 0 Å². The highest BCUT2D eigenvalue weighted by Gasteiger charge is 2.31. The maximum Gasteiger partial charge on any atom is 0.255 e. The average Bonchev–Trinajstić information content (AvgIpc) is 2.28. The number of carbonyl (C=O) groups is 1. The number of amides is 1. The number of pyridine rings is 1. The largest absolute Gasteiger partial charge is 0.334 e. The summed E-state index contributed by atoms with van der Waals surface area (Å²) < 4.78 is 22.8. The maximum atomic E-state index is 12.1. The van der Waals surface area contributed by atoms with Gasteiger partial charge in [-0.1, -0.05) is 0 Å². The van der Waals surface area contributed by atoms with Crippen molar-refractivity contribution in [2.24, 2.45) is 0 Å². The van der Waals surface area contributed by atoms with Gasteiger partial charge in [0.2, 0.25) is 5.56 Å². The summed E-state index contributed by atoms with van der Waals surface area (Å²) in [6.45, 7) is 1.90. The lowest BCUT2D eigenvalue weighted by Gasteiger charge is -2.33. The van der Waals surface area contributed by atoms with Gasteiger partial charge in [-0.05, 0) is 13.0 Å². The molecule has 1 amide bonds. The lowest BCUT2D eigenvalue weighted by Crippen LogP contribution is -2.49. The van der Waals surface area contributed by atoms with Crippen LogP contribution in [-0.4, -0.2) is 48.3 Å². The predicted molar refractivity (Wildman–Crippen MR) is 66.2 cm³/mol. The first-order valence-corrected chi connectivity index (χ1v) is 7.41. The fourth-order valence-electron chi connectivity index (χ4n) is 2.01. The van der Waals surface area contributed by atoms with Crippen LogP contribution in [0.4, 0.5) is 0 Å². The Labute approximate surface area is 105 Å². The quantitative estimate of drug-likeness (QED) is 0.754. The summed E-state index contributed by atoms with van der Waals surface area (Å²) >= 11 is 0. The number of nitrogens with zero attached hydrogens (tertiary/aromatic N) is 1. The van der Waals surface area contributed by atoms with Crippen LogP contribution in [0.5, 0.6) is 0 Å². The van der Waals surface area contributed by atoms with Gasteiger partial charge in [-0.25, -0.2) is 8.42 Å². The van der Waals surface area contributed by atoms with Crippen molar-refractivity contribution in [2.75, 3.05) is 18.1 Å². The Kier molecular flexibility index (Phi) is 3.25. The van der Waals surface area contributed by atoms with Crippen LogP contribution in [0.15, 0.2) is 23.1 Å². The van der Waals surface area contributed by atoms with Crippen molar-refractivity contribution in [3.63, 3.8) is 0 Å². The van der Waals surface area contributed by atoms with Gasteiger partial charge < -0.3 is 9.88 Å². The van der Waals surface area contributed by atoms with Crippen molar-refractivity contribution < 1.29 is 13.2 Å². The number of hydrogen-bond acceptors (Lipinski definition) is 4. The molecular formula is C11H14N2O4S. The van der Waals surface area contributed by atoms with E-state index in [0.29, 0.717) is 5.56 Å². The van der Waals surface area contributed by atoms with Gasteiger partial charge >= 0.3 is 0 Å². The number of rotatable bonds is 1. The Morgan fingerprint density at radius 2 is 2.17 bits per heavy atom. The minimum atomic E-state index is -3.04. The maximum absolute atomic E-state index is 12.1. The van der Waals surface area contributed by atoms with E-state index in [1.165, 1.54) is 23.2 Å². The average molecular weight is 270 g/mol. The van der Waals surface area contributed by atoms with Gasteiger partial charge in [0.15, 0.2) is 9.84 Å². The minimum absolute atomic E-state index is 0.00751. The van der Waals surface area contributed by atoms with E-state index in [2.05, 4.69) is 4.98 Å². The van der Waals surface area contributed by atoms with Crippen LogP contribution in [0.1, 0.15) is 17.3 Å². The van der Waals surface area contributed by atoms with Gasteiger partial charge in [-0.2, -0.15) is 0 Å². The zero-order valence-electron chi connectivity index (χ0n) is 9.92. The Morgan fingerprint density at radius 3 is 2.72 bits per heavy atom. The fraction of sp³-hybridized carbons (Fsp3) is 0.455. The van der Waals surface area contributed by atoms with Crippen molar-refractivity contribution in [3.05, 3.63) is 34.2 Å². The number of aromatic nitrogens is 1. The van der Waals surface area contributed by atoms with Crippen LogP contribution in [-0.2, 0) is 9.84 Å². The van der Waals surface area contributed by atoms with E-state index >= 15 is 0 Å². The highest BCUT2D eigenvalue weighted by molar-refractivity contribution is 7.91. The molecule has 0 aliphatic carbocycles. The zero-order chi connectivity index (χ0) is 13.3. The van der Waals surface area contributed by atoms with Gasteiger partial charge in [0, 0.05) is 24.8 Å². The molecule has 98 valence electrons. The van der Waals surface area contributed by atoms with Crippen LogP contribution in [0.25, 0.3) is 0 Å². The van der Waals surface area contributed by atoms with E-state index in [0.717, 1.165) is 0 Å². The standard InChI is InChI=1S/C11H14N2O4S/c1-8-7-18(16,17)5-4-13(8)11(15)9-2-3-10(14)12-6-9/h2-3,6,8H,4-5,7H2,1H3,(H,12,14). The molecule has 1 unspecified atom stereocenters. The second-order valence-electron chi connectivity index (χ2n) is 4.40. The molecule has 0 saturated carbocycles. The van der Waals surface area contributed by atoms with E-state index in [4.69, 9.17) is 0 Å². The van der Waals surface area contributed by atoms with Crippen LogP contribution >= 0.6 is 0 Å². The molecule has 6 nitrogen and oxygen atoms in total. The minimum Gasteiger partial charge on any atom is -0.334 e. The summed E-state index contributed by atoms with van der Waals surface area (Å²) in [7, 11) is -3.04. The number of H-pyrrole nitrogens is 1. The summed E-state index contributed by atoms with van der Waals surface area (Å²) in [5.74, 6) is -0.275. The molecule has 1 saturated heterocycles. The number of nitrogens with one attached hydrogen (secondary N) is 1. The van der Waals surface area contributed by atoms with E-state index in [-0.39, 0.29) is 35.6 Å². The topological polar surface area (TPSA) is 87.3 Å². The summed E-state index contributed by atoms with van der Waals surface area (Å²) in [5, 5.41) is 0. The molecule has 1 atom stereocenters. The molecule has 2 rings (SSSR count). The third-order valence-corrected chi connectivity index (χ3v) is 4.76. The molecule has 7 heteroatoms. The first kappa shape index (κ1) is 12.8. The molecule has 0 spiro atoms. The normalized spacial score (nSPS) is 22.7. The predicted octanol–water partition coefficient (Wildman–Crippen LogP) is -0.366. The van der Waals surface area contributed by atoms with Crippen molar-refractivity contribution in [2.45, 2.75) is 13.0 Å². The second-order valence-corrected chi connectivity index (χ2v) is 6.63. The number of hydrogen-bond donors (Lipinski definition) is 1. The van der Waals surface area contributed by atoms with Gasteiger partial charge in [-0.3, -0.25) is 9.59 Å². The molecule has 1 aliphatic rings. The number of aromatic amines is 1. The van der Waals surface area contributed by atoms with Crippen LogP contribution < -0.4 is 5.56 Å². The van der Waals surface area contributed by atoms with Crippen molar-refractivity contribution in [1.82, 2.24) is 9.88 Å². The van der Waals surface area contributed by atoms with E-state index in [9.17, 15) is 18.0 Å².